The molecule has 2 aromatic rings. The highest BCUT2D eigenvalue weighted by Gasteiger charge is 2.23. The van der Waals surface area contributed by atoms with Crippen molar-refractivity contribution in [3.63, 3.8) is 0 Å². The van der Waals surface area contributed by atoms with Crippen molar-refractivity contribution in [1.29, 1.82) is 0 Å². The third-order valence-corrected chi connectivity index (χ3v) is 4.52. The predicted molar refractivity (Wildman–Crippen MR) is 108 cm³/mol. The number of carbonyl (C=O) groups excluding carboxylic acids is 3. The van der Waals surface area contributed by atoms with Crippen LogP contribution in [-0.2, 0) is 4.79 Å². The largest absolute Gasteiger partial charge is 0.343 e. The lowest BCUT2D eigenvalue weighted by atomic mass is 10.1. The Morgan fingerprint density at radius 2 is 1.54 bits per heavy atom. The van der Waals surface area contributed by atoms with Gasteiger partial charge >= 0.3 is 6.03 Å². The first kappa shape index (κ1) is 19.4. The van der Waals surface area contributed by atoms with Crippen LogP contribution in [0.15, 0.2) is 42.5 Å². The number of amides is 4. The molecule has 7 heteroatoms. The van der Waals surface area contributed by atoms with E-state index in [-0.39, 0.29) is 30.4 Å². The summed E-state index contributed by atoms with van der Waals surface area (Å²) in [5, 5.41) is 10.9. The number of benzene rings is 2. The van der Waals surface area contributed by atoms with Gasteiger partial charge in [0.05, 0.1) is 6.54 Å². The second kappa shape index (κ2) is 8.56. The van der Waals surface area contributed by atoms with Gasteiger partial charge in [0.2, 0.25) is 5.91 Å². The monoisotopic (exact) mass is 380 g/mol. The summed E-state index contributed by atoms with van der Waals surface area (Å²) in [5.74, 6) is -0.621. The van der Waals surface area contributed by atoms with E-state index in [1.807, 2.05) is 19.9 Å². The van der Waals surface area contributed by atoms with Crippen LogP contribution >= 0.6 is 0 Å². The molecule has 0 aliphatic heterocycles. The van der Waals surface area contributed by atoms with Crippen LogP contribution in [0.4, 0.5) is 16.2 Å². The molecule has 2 aromatic carbocycles. The molecule has 28 heavy (non-hydrogen) atoms. The molecule has 1 fully saturated rings. The molecule has 0 bridgehead atoms. The minimum absolute atomic E-state index is 0.129. The number of carbonyl (C=O) groups is 3. The summed E-state index contributed by atoms with van der Waals surface area (Å²) < 4.78 is 0. The van der Waals surface area contributed by atoms with Crippen LogP contribution < -0.4 is 21.3 Å². The molecular weight excluding hydrogens is 356 g/mol. The molecule has 0 unspecified atom stereocenters. The third kappa shape index (κ3) is 5.57. The van der Waals surface area contributed by atoms with E-state index in [0.717, 1.165) is 24.0 Å². The SMILES string of the molecule is Cc1ccc(C(=O)NCC(=O)Nc2ccc(NC(=O)NC3CC3)cc2)cc1C. The number of hydrogen-bond donors (Lipinski definition) is 4. The van der Waals surface area contributed by atoms with Crippen LogP contribution in [0.2, 0.25) is 0 Å². The Labute approximate surface area is 163 Å². The standard InChI is InChI=1S/C21H24N4O3/c1-13-3-4-15(11-14(13)2)20(27)22-12-19(26)23-16-5-7-17(8-6-16)24-21(28)25-18-9-10-18/h3-8,11,18H,9-10,12H2,1-2H3,(H,22,27)(H,23,26)(H2,24,25,28). The van der Waals surface area contributed by atoms with Crippen molar-refractivity contribution in [2.75, 3.05) is 17.2 Å². The Morgan fingerprint density at radius 3 is 2.14 bits per heavy atom. The molecule has 3 rings (SSSR count). The summed E-state index contributed by atoms with van der Waals surface area (Å²) in [6.45, 7) is 3.78. The fourth-order valence-corrected chi connectivity index (χ4v) is 2.57. The Bertz CT molecular complexity index is 889. The fourth-order valence-electron chi connectivity index (χ4n) is 2.57. The Hall–Kier alpha value is -3.35. The second-order valence-corrected chi connectivity index (χ2v) is 6.98. The van der Waals surface area contributed by atoms with Gasteiger partial charge in [0.1, 0.15) is 0 Å². The lowest BCUT2D eigenvalue weighted by Crippen LogP contribution is -2.33. The van der Waals surface area contributed by atoms with Gasteiger partial charge in [-0.1, -0.05) is 6.07 Å². The van der Waals surface area contributed by atoms with Crippen LogP contribution in [0.5, 0.6) is 0 Å². The highest BCUT2D eigenvalue weighted by molar-refractivity contribution is 5.99. The Balaban J connectivity index is 1.45. The molecule has 4 N–H and O–H groups in total. The van der Waals surface area contributed by atoms with E-state index in [9.17, 15) is 14.4 Å². The number of hydrogen-bond acceptors (Lipinski definition) is 3. The quantitative estimate of drug-likeness (QED) is 0.620. The summed E-state index contributed by atoms with van der Waals surface area (Å²) in [6.07, 6.45) is 2.05. The molecule has 0 spiro atoms. The lowest BCUT2D eigenvalue weighted by molar-refractivity contribution is -0.115. The molecule has 1 aliphatic carbocycles. The van der Waals surface area contributed by atoms with Crippen molar-refractivity contribution in [2.45, 2.75) is 32.7 Å². The number of urea groups is 1. The van der Waals surface area contributed by atoms with Crippen molar-refractivity contribution < 1.29 is 14.4 Å². The summed E-state index contributed by atoms with van der Waals surface area (Å²) in [5.41, 5.74) is 3.88. The molecule has 146 valence electrons. The second-order valence-electron chi connectivity index (χ2n) is 6.98. The van der Waals surface area contributed by atoms with Crippen molar-refractivity contribution in [3.8, 4) is 0 Å². The van der Waals surface area contributed by atoms with Crippen molar-refractivity contribution in [1.82, 2.24) is 10.6 Å². The molecule has 7 nitrogen and oxygen atoms in total. The zero-order valence-corrected chi connectivity index (χ0v) is 16.0. The lowest BCUT2D eigenvalue weighted by Gasteiger charge is -2.10. The summed E-state index contributed by atoms with van der Waals surface area (Å²) in [4.78, 5) is 35.9. The third-order valence-electron chi connectivity index (χ3n) is 4.52. The molecule has 0 radical (unpaired) electrons. The fraction of sp³-hybridized carbons (Fsp3) is 0.286. The molecule has 1 aliphatic rings. The maximum atomic E-state index is 12.2. The first-order valence-corrected chi connectivity index (χ1v) is 9.23. The summed E-state index contributed by atoms with van der Waals surface area (Å²) >= 11 is 0. The average molecular weight is 380 g/mol. The van der Waals surface area contributed by atoms with Crippen molar-refractivity contribution >= 4 is 29.2 Å². The van der Waals surface area contributed by atoms with Crippen LogP contribution in [0, 0.1) is 13.8 Å². The smallest absolute Gasteiger partial charge is 0.319 e. The van der Waals surface area contributed by atoms with E-state index in [0.29, 0.717) is 16.9 Å². The van der Waals surface area contributed by atoms with Gasteiger partial charge in [-0.15, -0.1) is 0 Å². The van der Waals surface area contributed by atoms with Gasteiger partial charge in [-0.3, -0.25) is 9.59 Å². The normalized spacial score (nSPS) is 12.8. The van der Waals surface area contributed by atoms with Crippen LogP contribution in [0.3, 0.4) is 0 Å². The van der Waals surface area contributed by atoms with Crippen LogP contribution in [0.1, 0.15) is 34.3 Å². The number of nitrogens with one attached hydrogen (secondary N) is 4. The molecule has 4 amide bonds. The van der Waals surface area contributed by atoms with E-state index in [1.165, 1.54) is 0 Å². The Morgan fingerprint density at radius 1 is 0.893 bits per heavy atom. The van der Waals surface area contributed by atoms with Gasteiger partial charge in [0.25, 0.3) is 5.91 Å². The van der Waals surface area contributed by atoms with Gasteiger partial charge < -0.3 is 21.3 Å². The maximum Gasteiger partial charge on any atom is 0.319 e. The van der Waals surface area contributed by atoms with Gasteiger partial charge in [-0.25, -0.2) is 4.79 Å². The average Bonchev–Trinajstić information content (AvgIpc) is 3.47. The van der Waals surface area contributed by atoms with E-state index in [1.54, 1.807) is 36.4 Å². The molecule has 0 saturated heterocycles. The highest BCUT2D eigenvalue weighted by atomic mass is 16.2. The molecular formula is C21H24N4O3. The highest BCUT2D eigenvalue weighted by Crippen LogP contribution is 2.19. The van der Waals surface area contributed by atoms with Gasteiger partial charge in [-0.05, 0) is 74.2 Å². The van der Waals surface area contributed by atoms with Crippen LogP contribution in [-0.4, -0.2) is 30.4 Å². The van der Waals surface area contributed by atoms with E-state index >= 15 is 0 Å². The minimum atomic E-state index is -0.329. The summed E-state index contributed by atoms with van der Waals surface area (Å²) in [6, 6.07) is 12.3. The van der Waals surface area contributed by atoms with Crippen LogP contribution in [0.25, 0.3) is 0 Å². The zero-order valence-electron chi connectivity index (χ0n) is 16.0. The van der Waals surface area contributed by atoms with Gasteiger partial charge in [-0.2, -0.15) is 0 Å². The number of aryl methyl sites for hydroxylation is 2. The van der Waals surface area contributed by atoms with Crippen molar-refractivity contribution in [3.05, 3.63) is 59.2 Å². The van der Waals surface area contributed by atoms with Gasteiger partial charge in [0.15, 0.2) is 0 Å². The van der Waals surface area contributed by atoms with Crippen molar-refractivity contribution in [2.24, 2.45) is 0 Å². The zero-order chi connectivity index (χ0) is 20.1. The first-order chi connectivity index (χ1) is 13.4. The predicted octanol–water partition coefficient (Wildman–Crippen LogP) is 2.96. The Kier molecular flexibility index (Phi) is 5.93. The van der Waals surface area contributed by atoms with E-state index in [2.05, 4.69) is 21.3 Å². The molecule has 0 aromatic heterocycles. The summed E-state index contributed by atoms with van der Waals surface area (Å²) in [7, 11) is 0. The molecule has 0 heterocycles. The topological polar surface area (TPSA) is 99.3 Å². The first-order valence-electron chi connectivity index (χ1n) is 9.23. The van der Waals surface area contributed by atoms with E-state index in [4.69, 9.17) is 0 Å². The molecule has 1 saturated carbocycles. The number of anilines is 2. The minimum Gasteiger partial charge on any atom is -0.343 e. The molecule has 0 atom stereocenters. The number of rotatable bonds is 6. The van der Waals surface area contributed by atoms with E-state index < -0.39 is 0 Å². The van der Waals surface area contributed by atoms with Gasteiger partial charge in [0, 0.05) is 23.0 Å². The maximum absolute atomic E-state index is 12.2.